The van der Waals surface area contributed by atoms with Crippen LogP contribution in [0.25, 0.3) is 10.6 Å². The van der Waals surface area contributed by atoms with Crippen molar-refractivity contribution < 1.29 is 4.79 Å². The van der Waals surface area contributed by atoms with Crippen LogP contribution in [0.4, 0.5) is 10.8 Å². The van der Waals surface area contributed by atoms with Gasteiger partial charge in [0.05, 0.1) is 0 Å². The molecule has 0 radical (unpaired) electrons. The minimum absolute atomic E-state index is 0.0777. The molecular formula is C11H12N4OS. The summed E-state index contributed by atoms with van der Waals surface area (Å²) in [6.07, 6.45) is 0. The first-order valence-electron chi connectivity index (χ1n) is 5.08. The molecular weight excluding hydrogens is 236 g/mol. The largest absolute Gasteiger partial charge is 0.363 e. The molecule has 1 amide bonds. The van der Waals surface area contributed by atoms with Gasteiger partial charge in [-0.25, -0.2) is 0 Å². The van der Waals surface area contributed by atoms with E-state index in [-0.39, 0.29) is 5.91 Å². The van der Waals surface area contributed by atoms with Crippen LogP contribution in [0.2, 0.25) is 0 Å². The molecule has 0 aliphatic rings. The number of amides is 1. The van der Waals surface area contributed by atoms with Gasteiger partial charge in [-0.3, -0.25) is 4.79 Å². The molecule has 2 N–H and O–H groups in total. The van der Waals surface area contributed by atoms with E-state index in [2.05, 4.69) is 20.8 Å². The summed E-state index contributed by atoms with van der Waals surface area (Å²) in [7, 11) is 1.81. The summed E-state index contributed by atoms with van der Waals surface area (Å²) in [4.78, 5) is 10.9. The number of rotatable bonds is 3. The fourth-order valence-corrected chi connectivity index (χ4v) is 2.04. The first-order chi connectivity index (χ1) is 8.19. The van der Waals surface area contributed by atoms with Gasteiger partial charge in [0.25, 0.3) is 0 Å². The molecule has 0 fully saturated rings. The van der Waals surface area contributed by atoms with Gasteiger partial charge >= 0.3 is 0 Å². The minimum Gasteiger partial charge on any atom is -0.363 e. The highest BCUT2D eigenvalue weighted by Gasteiger charge is 2.05. The Bertz CT molecular complexity index is 521. The van der Waals surface area contributed by atoms with E-state index in [0.717, 1.165) is 21.4 Å². The zero-order chi connectivity index (χ0) is 12.3. The number of hydrogen-bond donors (Lipinski definition) is 2. The Kier molecular flexibility index (Phi) is 3.34. The van der Waals surface area contributed by atoms with Crippen molar-refractivity contribution in [1.29, 1.82) is 0 Å². The van der Waals surface area contributed by atoms with Crippen LogP contribution in [0, 0.1) is 0 Å². The third-order valence-corrected chi connectivity index (χ3v) is 3.08. The summed E-state index contributed by atoms with van der Waals surface area (Å²) in [6, 6.07) is 7.50. The summed E-state index contributed by atoms with van der Waals surface area (Å²) in [5.74, 6) is -0.0777. The predicted octanol–water partition coefficient (Wildman–Crippen LogP) is 2.21. The van der Waals surface area contributed by atoms with E-state index in [9.17, 15) is 4.79 Å². The Morgan fingerprint density at radius 1 is 1.24 bits per heavy atom. The van der Waals surface area contributed by atoms with Gasteiger partial charge in [0.1, 0.15) is 5.01 Å². The second-order valence-corrected chi connectivity index (χ2v) is 4.40. The number of hydrogen-bond acceptors (Lipinski definition) is 5. The molecule has 5 nitrogen and oxygen atoms in total. The highest BCUT2D eigenvalue weighted by atomic mass is 32.1. The topological polar surface area (TPSA) is 66.9 Å². The molecule has 0 aliphatic heterocycles. The molecule has 0 saturated carbocycles. The van der Waals surface area contributed by atoms with Crippen molar-refractivity contribution in [2.45, 2.75) is 6.92 Å². The van der Waals surface area contributed by atoms with Crippen LogP contribution in [0.3, 0.4) is 0 Å². The smallest absolute Gasteiger partial charge is 0.221 e. The summed E-state index contributed by atoms with van der Waals surface area (Å²) in [5, 5.41) is 15.3. The molecule has 0 aliphatic carbocycles. The van der Waals surface area contributed by atoms with Gasteiger partial charge in [0, 0.05) is 25.2 Å². The molecule has 0 unspecified atom stereocenters. The first-order valence-corrected chi connectivity index (χ1v) is 5.90. The van der Waals surface area contributed by atoms with E-state index in [1.807, 2.05) is 31.3 Å². The Labute approximate surface area is 103 Å². The number of nitrogens with one attached hydrogen (secondary N) is 2. The Hall–Kier alpha value is -1.95. The highest BCUT2D eigenvalue weighted by Crippen LogP contribution is 2.26. The van der Waals surface area contributed by atoms with Crippen molar-refractivity contribution in [2.75, 3.05) is 17.7 Å². The second-order valence-electron chi connectivity index (χ2n) is 3.42. The van der Waals surface area contributed by atoms with Crippen LogP contribution in [0.1, 0.15) is 6.92 Å². The van der Waals surface area contributed by atoms with Crippen LogP contribution >= 0.6 is 11.3 Å². The van der Waals surface area contributed by atoms with E-state index in [1.54, 1.807) is 0 Å². The van der Waals surface area contributed by atoms with Crippen LogP contribution in [0.15, 0.2) is 24.3 Å². The maximum atomic E-state index is 10.9. The lowest BCUT2D eigenvalue weighted by molar-refractivity contribution is -0.114. The Morgan fingerprint density at radius 3 is 2.47 bits per heavy atom. The molecule has 0 saturated heterocycles. The second kappa shape index (κ2) is 4.92. The quantitative estimate of drug-likeness (QED) is 0.874. The number of anilines is 2. The van der Waals surface area contributed by atoms with Crippen molar-refractivity contribution in [1.82, 2.24) is 10.2 Å². The molecule has 1 aromatic heterocycles. The molecule has 0 spiro atoms. The number of aromatic nitrogens is 2. The van der Waals surface area contributed by atoms with Gasteiger partial charge in [-0.2, -0.15) is 0 Å². The van der Waals surface area contributed by atoms with Crippen molar-refractivity contribution in [3.8, 4) is 10.6 Å². The molecule has 88 valence electrons. The lowest BCUT2D eigenvalue weighted by Gasteiger charge is -2.01. The minimum atomic E-state index is -0.0777. The van der Waals surface area contributed by atoms with Gasteiger partial charge in [0.2, 0.25) is 11.0 Å². The monoisotopic (exact) mass is 248 g/mol. The zero-order valence-corrected chi connectivity index (χ0v) is 10.3. The molecule has 1 aromatic carbocycles. The summed E-state index contributed by atoms with van der Waals surface area (Å²) < 4.78 is 0. The van der Waals surface area contributed by atoms with Crippen LogP contribution in [0.5, 0.6) is 0 Å². The number of nitrogens with zero attached hydrogens (tertiary/aromatic N) is 2. The normalized spacial score (nSPS) is 10.0. The van der Waals surface area contributed by atoms with Crippen molar-refractivity contribution >= 4 is 28.1 Å². The standard InChI is InChI=1S/C11H12N4OS/c1-7(16)13-9-5-3-8(4-6-9)10-14-15-11(12-2)17-10/h3-6H,1-2H3,(H,12,15)(H,13,16). The molecule has 0 bridgehead atoms. The first kappa shape index (κ1) is 11.5. The van der Waals surface area contributed by atoms with E-state index >= 15 is 0 Å². The van der Waals surface area contributed by atoms with E-state index in [4.69, 9.17) is 0 Å². The van der Waals surface area contributed by atoms with Crippen LogP contribution < -0.4 is 10.6 Å². The number of carbonyl (C=O) groups excluding carboxylic acids is 1. The molecule has 6 heteroatoms. The Morgan fingerprint density at radius 2 is 1.94 bits per heavy atom. The van der Waals surface area contributed by atoms with Gasteiger partial charge < -0.3 is 10.6 Å². The summed E-state index contributed by atoms with van der Waals surface area (Å²) in [6.45, 7) is 1.48. The SMILES string of the molecule is CNc1nnc(-c2ccc(NC(C)=O)cc2)s1. The lowest BCUT2D eigenvalue weighted by atomic mass is 10.2. The van der Waals surface area contributed by atoms with Gasteiger partial charge in [0.15, 0.2) is 0 Å². The average Bonchev–Trinajstić information content (AvgIpc) is 2.78. The number of benzene rings is 1. The fraction of sp³-hybridized carbons (Fsp3) is 0.182. The summed E-state index contributed by atoms with van der Waals surface area (Å²) >= 11 is 1.49. The molecule has 2 rings (SSSR count). The lowest BCUT2D eigenvalue weighted by Crippen LogP contribution is -2.05. The van der Waals surface area contributed by atoms with Crippen molar-refractivity contribution in [3.05, 3.63) is 24.3 Å². The maximum absolute atomic E-state index is 10.9. The third kappa shape index (κ3) is 2.79. The molecule has 0 atom stereocenters. The van der Waals surface area contributed by atoms with Gasteiger partial charge in [-0.05, 0) is 24.3 Å². The summed E-state index contributed by atoms with van der Waals surface area (Å²) in [5.41, 5.74) is 1.76. The van der Waals surface area contributed by atoms with Crippen LogP contribution in [-0.4, -0.2) is 23.2 Å². The fourth-order valence-electron chi connectivity index (χ4n) is 1.34. The van der Waals surface area contributed by atoms with Gasteiger partial charge in [-0.1, -0.05) is 11.3 Å². The van der Waals surface area contributed by atoms with E-state index < -0.39 is 0 Å². The molecule has 17 heavy (non-hydrogen) atoms. The van der Waals surface area contributed by atoms with Crippen molar-refractivity contribution in [2.24, 2.45) is 0 Å². The highest BCUT2D eigenvalue weighted by molar-refractivity contribution is 7.18. The molecule has 2 aromatic rings. The third-order valence-electron chi connectivity index (χ3n) is 2.09. The van der Waals surface area contributed by atoms with Crippen LogP contribution in [-0.2, 0) is 4.79 Å². The number of carbonyl (C=O) groups is 1. The average molecular weight is 248 g/mol. The molecule has 1 heterocycles. The van der Waals surface area contributed by atoms with E-state index in [0.29, 0.717) is 0 Å². The maximum Gasteiger partial charge on any atom is 0.221 e. The van der Waals surface area contributed by atoms with E-state index in [1.165, 1.54) is 18.3 Å². The Balaban J connectivity index is 2.19. The van der Waals surface area contributed by atoms with Gasteiger partial charge in [-0.15, -0.1) is 10.2 Å². The zero-order valence-electron chi connectivity index (χ0n) is 9.52. The predicted molar refractivity (Wildman–Crippen MR) is 69.2 cm³/mol. The van der Waals surface area contributed by atoms with Crippen molar-refractivity contribution in [3.63, 3.8) is 0 Å².